The van der Waals surface area contributed by atoms with Gasteiger partial charge in [0.05, 0.1) is 12.3 Å². The molecule has 1 aromatic carbocycles. The van der Waals surface area contributed by atoms with Crippen LogP contribution in [0.1, 0.15) is 35.7 Å². The second kappa shape index (κ2) is 9.48. The van der Waals surface area contributed by atoms with Crippen molar-refractivity contribution in [1.82, 2.24) is 15.3 Å². The Morgan fingerprint density at radius 1 is 1.11 bits per heavy atom. The number of hydrogen-bond acceptors (Lipinski definition) is 4. The van der Waals surface area contributed by atoms with E-state index in [2.05, 4.69) is 22.2 Å². The molecule has 0 radical (unpaired) electrons. The van der Waals surface area contributed by atoms with Crippen LogP contribution in [0.2, 0.25) is 0 Å². The molecule has 5 heteroatoms. The van der Waals surface area contributed by atoms with Crippen molar-refractivity contribution < 1.29 is 9.53 Å². The van der Waals surface area contributed by atoms with Crippen molar-refractivity contribution in [2.75, 3.05) is 6.61 Å². The van der Waals surface area contributed by atoms with E-state index >= 15 is 0 Å². The minimum Gasteiger partial charge on any atom is -0.494 e. The first-order valence-corrected chi connectivity index (χ1v) is 9.12. The average Bonchev–Trinajstić information content (AvgIpc) is 2.73. The summed E-state index contributed by atoms with van der Waals surface area (Å²) in [4.78, 5) is 20.9. The van der Waals surface area contributed by atoms with E-state index < -0.39 is 0 Å². The lowest BCUT2D eigenvalue weighted by Crippen LogP contribution is -2.22. The van der Waals surface area contributed by atoms with Crippen LogP contribution in [0.4, 0.5) is 0 Å². The summed E-state index contributed by atoms with van der Waals surface area (Å²) in [6.07, 6.45) is 7.36. The van der Waals surface area contributed by atoms with Gasteiger partial charge in [-0.1, -0.05) is 13.3 Å². The number of carbonyl (C=O) groups excluding carboxylic acids is 1. The number of unbranched alkanes of at least 4 members (excludes halogenated alkanes) is 1. The molecule has 0 unspecified atom stereocenters. The van der Waals surface area contributed by atoms with E-state index in [0.29, 0.717) is 18.7 Å². The van der Waals surface area contributed by atoms with Gasteiger partial charge in [0.1, 0.15) is 5.75 Å². The normalized spacial score (nSPS) is 10.4. The third kappa shape index (κ3) is 5.38. The topological polar surface area (TPSA) is 64.1 Å². The Bertz CT molecular complexity index is 864. The third-order valence-electron chi connectivity index (χ3n) is 4.12. The largest absolute Gasteiger partial charge is 0.494 e. The Morgan fingerprint density at radius 3 is 2.70 bits per heavy atom. The molecule has 0 aliphatic heterocycles. The number of pyridine rings is 2. The van der Waals surface area contributed by atoms with Gasteiger partial charge in [0.25, 0.3) is 5.91 Å². The number of carbonyl (C=O) groups is 1. The first-order valence-electron chi connectivity index (χ1n) is 9.12. The second-order valence-electron chi connectivity index (χ2n) is 6.20. The van der Waals surface area contributed by atoms with Gasteiger partial charge in [-0.05, 0) is 60.5 Å². The van der Waals surface area contributed by atoms with Crippen LogP contribution < -0.4 is 10.1 Å². The zero-order valence-electron chi connectivity index (χ0n) is 15.4. The smallest absolute Gasteiger partial charge is 0.251 e. The van der Waals surface area contributed by atoms with Gasteiger partial charge < -0.3 is 10.1 Å². The van der Waals surface area contributed by atoms with Crippen LogP contribution in [-0.2, 0) is 6.54 Å². The predicted octanol–water partition coefficient (Wildman–Crippen LogP) is 4.25. The van der Waals surface area contributed by atoms with Crippen molar-refractivity contribution >= 4 is 5.91 Å². The number of nitrogens with one attached hydrogen (secondary N) is 1. The zero-order valence-corrected chi connectivity index (χ0v) is 15.4. The van der Waals surface area contributed by atoms with Gasteiger partial charge in [-0.15, -0.1) is 0 Å². The first-order chi connectivity index (χ1) is 13.3. The van der Waals surface area contributed by atoms with Crippen LogP contribution in [-0.4, -0.2) is 22.5 Å². The molecule has 138 valence electrons. The van der Waals surface area contributed by atoms with Gasteiger partial charge in [0.2, 0.25) is 0 Å². The van der Waals surface area contributed by atoms with Crippen molar-refractivity contribution in [2.45, 2.75) is 26.3 Å². The number of rotatable bonds is 8. The number of ether oxygens (including phenoxy) is 1. The Labute approximate surface area is 159 Å². The van der Waals surface area contributed by atoms with Gasteiger partial charge in [-0.25, -0.2) is 0 Å². The lowest BCUT2D eigenvalue weighted by molar-refractivity contribution is 0.0951. The fraction of sp³-hybridized carbons (Fsp3) is 0.227. The van der Waals surface area contributed by atoms with Crippen LogP contribution in [0.25, 0.3) is 11.3 Å². The molecule has 3 aromatic rings. The summed E-state index contributed by atoms with van der Waals surface area (Å²) < 4.78 is 5.62. The van der Waals surface area contributed by atoms with Crippen molar-refractivity contribution in [3.8, 4) is 17.0 Å². The number of benzene rings is 1. The van der Waals surface area contributed by atoms with E-state index in [9.17, 15) is 4.79 Å². The standard InChI is InChI=1S/C22H23N3O2/c1-2-3-13-27-20-8-6-18(7-9-20)22(26)25-15-17-10-12-24-21(14-17)19-5-4-11-23-16-19/h4-12,14,16H,2-3,13,15H2,1H3,(H,25,26). The van der Waals surface area contributed by atoms with Crippen molar-refractivity contribution in [3.63, 3.8) is 0 Å². The van der Waals surface area contributed by atoms with E-state index in [1.165, 1.54) is 0 Å². The highest BCUT2D eigenvalue weighted by atomic mass is 16.5. The molecular formula is C22H23N3O2. The lowest BCUT2D eigenvalue weighted by atomic mass is 10.1. The molecule has 27 heavy (non-hydrogen) atoms. The van der Waals surface area contributed by atoms with Gasteiger partial charge in [-0.2, -0.15) is 0 Å². The Kier molecular flexibility index (Phi) is 6.52. The highest BCUT2D eigenvalue weighted by Crippen LogP contribution is 2.16. The molecule has 0 saturated heterocycles. The highest BCUT2D eigenvalue weighted by molar-refractivity contribution is 5.94. The molecular weight excluding hydrogens is 338 g/mol. The number of nitrogens with zero attached hydrogens (tertiary/aromatic N) is 2. The molecule has 2 heterocycles. The molecule has 0 saturated carbocycles. The third-order valence-corrected chi connectivity index (χ3v) is 4.12. The van der Waals surface area contributed by atoms with E-state index in [-0.39, 0.29) is 5.91 Å². The number of amides is 1. The SMILES string of the molecule is CCCCOc1ccc(C(=O)NCc2ccnc(-c3cccnc3)c2)cc1. The van der Waals surface area contributed by atoms with Crippen LogP contribution >= 0.6 is 0 Å². The Balaban J connectivity index is 1.57. The summed E-state index contributed by atoms with van der Waals surface area (Å²) >= 11 is 0. The fourth-order valence-corrected chi connectivity index (χ4v) is 2.58. The van der Waals surface area contributed by atoms with Crippen LogP contribution in [0, 0.1) is 0 Å². The first kappa shape index (κ1) is 18.6. The van der Waals surface area contributed by atoms with Crippen molar-refractivity contribution in [2.24, 2.45) is 0 Å². The molecule has 0 aliphatic carbocycles. The molecule has 3 rings (SSSR count). The maximum atomic E-state index is 12.4. The van der Waals surface area contributed by atoms with Gasteiger partial charge in [0.15, 0.2) is 0 Å². The van der Waals surface area contributed by atoms with Crippen LogP contribution in [0.5, 0.6) is 5.75 Å². The van der Waals surface area contributed by atoms with Crippen molar-refractivity contribution in [3.05, 3.63) is 78.2 Å². The van der Waals surface area contributed by atoms with Crippen LogP contribution in [0.15, 0.2) is 67.1 Å². The molecule has 0 bridgehead atoms. The molecule has 2 aromatic heterocycles. The molecule has 0 aliphatic rings. The predicted molar refractivity (Wildman–Crippen MR) is 105 cm³/mol. The van der Waals surface area contributed by atoms with Gasteiger partial charge in [0, 0.05) is 36.3 Å². The van der Waals surface area contributed by atoms with Gasteiger partial charge >= 0.3 is 0 Å². The summed E-state index contributed by atoms with van der Waals surface area (Å²) in [5.41, 5.74) is 3.38. The molecule has 1 amide bonds. The zero-order chi connectivity index (χ0) is 18.9. The second-order valence-corrected chi connectivity index (χ2v) is 6.20. The summed E-state index contributed by atoms with van der Waals surface area (Å²) in [6, 6.07) is 14.9. The molecule has 5 nitrogen and oxygen atoms in total. The maximum absolute atomic E-state index is 12.4. The number of hydrogen-bond donors (Lipinski definition) is 1. The van der Waals surface area contributed by atoms with Crippen LogP contribution in [0.3, 0.4) is 0 Å². The van der Waals surface area contributed by atoms with E-state index in [1.807, 2.05) is 36.4 Å². The quantitative estimate of drug-likeness (QED) is 0.609. The van der Waals surface area contributed by atoms with E-state index in [1.54, 1.807) is 30.7 Å². The lowest BCUT2D eigenvalue weighted by Gasteiger charge is -2.08. The maximum Gasteiger partial charge on any atom is 0.251 e. The number of aromatic nitrogens is 2. The monoisotopic (exact) mass is 361 g/mol. The minimum absolute atomic E-state index is 0.116. The molecule has 1 N–H and O–H groups in total. The summed E-state index contributed by atoms with van der Waals surface area (Å²) in [5, 5.41) is 2.94. The van der Waals surface area contributed by atoms with E-state index in [0.717, 1.165) is 35.4 Å². The average molecular weight is 361 g/mol. The minimum atomic E-state index is -0.116. The highest BCUT2D eigenvalue weighted by Gasteiger charge is 2.07. The van der Waals surface area contributed by atoms with Crippen molar-refractivity contribution in [1.29, 1.82) is 0 Å². The van der Waals surface area contributed by atoms with Gasteiger partial charge in [-0.3, -0.25) is 14.8 Å². The molecule has 0 atom stereocenters. The van der Waals surface area contributed by atoms with E-state index in [4.69, 9.17) is 4.74 Å². The Morgan fingerprint density at radius 2 is 1.96 bits per heavy atom. The Hall–Kier alpha value is -3.21. The summed E-state index contributed by atoms with van der Waals surface area (Å²) in [6.45, 7) is 3.26. The molecule has 0 fully saturated rings. The summed E-state index contributed by atoms with van der Waals surface area (Å²) in [7, 11) is 0. The fourth-order valence-electron chi connectivity index (χ4n) is 2.58. The molecule has 0 spiro atoms. The summed E-state index contributed by atoms with van der Waals surface area (Å²) in [5.74, 6) is 0.671.